The number of carbonyl (C=O) groups excluding carboxylic acids is 2. The molecule has 4 heteroatoms. The molecule has 0 bridgehead atoms. The van der Waals surface area contributed by atoms with E-state index in [1.54, 1.807) is 17.0 Å². The summed E-state index contributed by atoms with van der Waals surface area (Å²) in [6, 6.07) is 23.4. The molecule has 0 radical (unpaired) electrons. The van der Waals surface area contributed by atoms with Crippen molar-refractivity contribution in [1.29, 1.82) is 0 Å². The van der Waals surface area contributed by atoms with Crippen LogP contribution in [-0.2, 0) is 9.59 Å². The molecule has 1 heterocycles. The summed E-state index contributed by atoms with van der Waals surface area (Å²) in [6.07, 6.45) is 0.175. The summed E-state index contributed by atoms with van der Waals surface area (Å²) in [5.74, 6) is -0.375. The van der Waals surface area contributed by atoms with Gasteiger partial charge in [-0.25, -0.2) is 0 Å². The number of esters is 1. The predicted octanol–water partition coefficient (Wildman–Crippen LogP) is 4.93. The molecule has 1 saturated heterocycles. The predicted molar refractivity (Wildman–Crippen MR) is 114 cm³/mol. The summed E-state index contributed by atoms with van der Waals surface area (Å²) in [5.41, 5.74) is 5.21. The van der Waals surface area contributed by atoms with Crippen LogP contribution in [0.4, 0.5) is 5.69 Å². The average Bonchev–Trinajstić information content (AvgIpc) is 3.11. The van der Waals surface area contributed by atoms with Crippen molar-refractivity contribution >= 4 is 17.6 Å². The monoisotopic (exact) mass is 385 g/mol. The van der Waals surface area contributed by atoms with Crippen LogP contribution in [0.5, 0.6) is 5.75 Å². The molecule has 4 rings (SSSR count). The minimum atomic E-state index is -0.461. The maximum atomic E-state index is 12.6. The van der Waals surface area contributed by atoms with E-state index in [1.807, 2.05) is 74.5 Å². The first-order valence-corrected chi connectivity index (χ1v) is 9.76. The van der Waals surface area contributed by atoms with Crippen LogP contribution in [-0.4, -0.2) is 18.4 Å². The van der Waals surface area contributed by atoms with Gasteiger partial charge in [-0.15, -0.1) is 0 Å². The molecule has 3 aromatic rings. The Balaban J connectivity index is 1.43. The second-order valence-corrected chi connectivity index (χ2v) is 7.51. The summed E-state index contributed by atoms with van der Waals surface area (Å²) in [5, 5.41) is 0. The van der Waals surface area contributed by atoms with Crippen LogP contribution in [0.3, 0.4) is 0 Å². The summed E-state index contributed by atoms with van der Waals surface area (Å²) < 4.78 is 5.55. The zero-order chi connectivity index (χ0) is 20.4. The molecule has 3 aromatic carbocycles. The van der Waals surface area contributed by atoms with Gasteiger partial charge >= 0.3 is 5.97 Å². The van der Waals surface area contributed by atoms with Gasteiger partial charge in [0.25, 0.3) is 0 Å². The van der Waals surface area contributed by atoms with Crippen molar-refractivity contribution in [3.05, 3.63) is 83.9 Å². The molecule has 29 heavy (non-hydrogen) atoms. The van der Waals surface area contributed by atoms with E-state index in [0.717, 1.165) is 27.9 Å². The molecule has 0 spiro atoms. The molecule has 1 aliphatic heterocycles. The Morgan fingerprint density at radius 3 is 2.31 bits per heavy atom. The van der Waals surface area contributed by atoms with Crippen molar-refractivity contribution in [3.8, 4) is 16.9 Å². The van der Waals surface area contributed by atoms with E-state index in [4.69, 9.17) is 4.74 Å². The lowest BCUT2D eigenvalue weighted by atomic mass is 10.1. The fourth-order valence-electron chi connectivity index (χ4n) is 3.75. The molecule has 1 aliphatic rings. The molecule has 0 aliphatic carbocycles. The maximum Gasteiger partial charge on any atom is 0.316 e. The Bertz CT molecular complexity index is 1040. The van der Waals surface area contributed by atoms with Crippen molar-refractivity contribution in [1.82, 2.24) is 0 Å². The Kier molecular flexibility index (Phi) is 5.17. The zero-order valence-electron chi connectivity index (χ0n) is 16.6. The molecular formula is C25H23NO3. The minimum absolute atomic E-state index is 0.0432. The third-order valence-electron chi connectivity index (χ3n) is 5.28. The quantitative estimate of drug-likeness (QED) is 0.473. The SMILES string of the molecule is Cc1ccc(N2C[C@@H](C(=O)Oc3ccc(-c4ccccc4)cc3)CC2=O)c(C)c1. The minimum Gasteiger partial charge on any atom is -0.426 e. The van der Waals surface area contributed by atoms with Gasteiger partial charge in [-0.3, -0.25) is 9.59 Å². The first kappa shape index (κ1) is 18.9. The third-order valence-corrected chi connectivity index (χ3v) is 5.28. The van der Waals surface area contributed by atoms with E-state index in [1.165, 1.54) is 0 Å². The summed E-state index contributed by atoms with van der Waals surface area (Å²) >= 11 is 0. The lowest BCUT2D eigenvalue weighted by Gasteiger charge is -2.19. The summed E-state index contributed by atoms with van der Waals surface area (Å²) in [4.78, 5) is 26.8. The number of aryl methyl sites for hydroxylation is 2. The van der Waals surface area contributed by atoms with Crippen molar-refractivity contribution < 1.29 is 14.3 Å². The second kappa shape index (κ2) is 7.92. The summed E-state index contributed by atoms with van der Waals surface area (Å²) in [7, 11) is 0. The van der Waals surface area contributed by atoms with Crippen molar-refractivity contribution in [2.75, 3.05) is 11.4 Å². The van der Waals surface area contributed by atoms with Gasteiger partial charge in [0, 0.05) is 18.7 Å². The number of anilines is 1. The van der Waals surface area contributed by atoms with Crippen molar-refractivity contribution in [2.45, 2.75) is 20.3 Å². The highest BCUT2D eigenvalue weighted by Gasteiger charge is 2.36. The third kappa shape index (κ3) is 4.06. The molecule has 1 amide bonds. The topological polar surface area (TPSA) is 46.6 Å². The normalized spacial score (nSPS) is 16.1. The van der Waals surface area contributed by atoms with E-state index in [2.05, 4.69) is 0 Å². The van der Waals surface area contributed by atoms with Crippen LogP contribution in [0.1, 0.15) is 17.5 Å². The number of benzene rings is 3. The van der Waals surface area contributed by atoms with Gasteiger partial charge in [-0.2, -0.15) is 0 Å². The van der Waals surface area contributed by atoms with E-state index < -0.39 is 5.92 Å². The molecule has 0 unspecified atom stereocenters. The van der Waals surface area contributed by atoms with Gasteiger partial charge in [0.1, 0.15) is 5.75 Å². The number of rotatable bonds is 4. The lowest BCUT2D eigenvalue weighted by molar-refractivity contribution is -0.139. The first-order chi connectivity index (χ1) is 14.0. The largest absolute Gasteiger partial charge is 0.426 e. The standard InChI is InChI=1S/C25H23NO3/c1-17-8-13-23(18(2)14-17)26-16-21(15-24(26)27)25(28)29-22-11-9-20(10-12-22)19-6-4-3-5-7-19/h3-14,21H,15-16H2,1-2H3/t21-/m0/s1. The van der Waals surface area contributed by atoms with Gasteiger partial charge < -0.3 is 9.64 Å². The first-order valence-electron chi connectivity index (χ1n) is 9.76. The van der Waals surface area contributed by atoms with Gasteiger partial charge in [-0.1, -0.05) is 60.2 Å². The van der Waals surface area contributed by atoms with Crippen LogP contribution in [0.15, 0.2) is 72.8 Å². The molecule has 0 saturated carbocycles. The number of hydrogen-bond donors (Lipinski definition) is 0. The molecule has 0 aromatic heterocycles. The van der Waals surface area contributed by atoms with E-state index in [0.29, 0.717) is 12.3 Å². The molecule has 0 N–H and O–H groups in total. The van der Waals surface area contributed by atoms with Gasteiger partial charge in [0.15, 0.2) is 0 Å². The molecule has 4 nitrogen and oxygen atoms in total. The number of nitrogens with zero attached hydrogens (tertiary/aromatic N) is 1. The Morgan fingerprint density at radius 2 is 1.62 bits per heavy atom. The van der Waals surface area contributed by atoms with E-state index in [9.17, 15) is 9.59 Å². The van der Waals surface area contributed by atoms with Gasteiger partial charge in [-0.05, 0) is 48.7 Å². The Hall–Kier alpha value is -3.40. The van der Waals surface area contributed by atoms with Crippen LogP contribution in [0.2, 0.25) is 0 Å². The fraction of sp³-hybridized carbons (Fsp3) is 0.200. The summed E-state index contributed by atoms with van der Waals surface area (Å²) in [6.45, 7) is 4.35. The fourth-order valence-corrected chi connectivity index (χ4v) is 3.75. The Labute approximate surface area is 170 Å². The van der Waals surface area contributed by atoms with Crippen LogP contribution < -0.4 is 9.64 Å². The number of ether oxygens (including phenoxy) is 1. The zero-order valence-corrected chi connectivity index (χ0v) is 16.6. The van der Waals surface area contributed by atoms with Crippen LogP contribution >= 0.6 is 0 Å². The second-order valence-electron chi connectivity index (χ2n) is 7.51. The number of carbonyl (C=O) groups is 2. The van der Waals surface area contributed by atoms with Crippen molar-refractivity contribution in [2.24, 2.45) is 5.92 Å². The smallest absolute Gasteiger partial charge is 0.316 e. The highest BCUT2D eigenvalue weighted by Crippen LogP contribution is 2.30. The van der Waals surface area contributed by atoms with Crippen LogP contribution in [0.25, 0.3) is 11.1 Å². The van der Waals surface area contributed by atoms with E-state index in [-0.39, 0.29) is 18.3 Å². The van der Waals surface area contributed by atoms with Crippen LogP contribution in [0, 0.1) is 19.8 Å². The maximum absolute atomic E-state index is 12.6. The molecular weight excluding hydrogens is 362 g/mol. The number of hydrogen-bond acceptors (Lipinski definition) is 3. The lowest BCUT2D eigenvalue weighted by Crippen LogP contribution is -2.27. The van der Waals surface area contributed by atoms with E-state index >= 15 is 0 Å². The highest BCUT2D eigenvalue weighted by atomic mass is 16.5. The highest BCUT2D eigenvalue weighted by molar-refractivity contribution is 6.00. The molecule has 146 valence electrons. The van der Waals surface area contributed by atoms with Crippen molar-refractivity contribution in [3.63, 3.8) is 0 Å². The number of amides is 1. The molecule has 1 fully saturated rings. The molecule has 1 atom stereocenters. The average molecular weight is 385 g/mol. The Morgan fingerprint density at radius 1 is 0.931 bits per heavy atom. The van der Waals surface area contributed by atoms with Gasteiger partial charge in [0.2, 0.25) is 5.91 Å². The van der Waals surface area contributed by atoms with Gasteiger partial charge in [0.05, 0.1) is 5.92 Å².